The van der Waals surface area contributed by atoms with Gasteiger partial charge < -0.3 is 4.74 Å². The SMILES string of the molecule is CCO[C@@H]1C=Cc2ccccc2/C1=C/C(=O)c1ccc(F)cc1. The maximum absolute atomic E-state index is 13.0. The van der Waals surface area contributed by atoms with Crippen molar-refractivity contribution in [2.75, 3.05) is 6.61 Å². The van der Waals surface area contributed by atoms with Crippen molar-refractivity contribution >= 4 is 17.4 Å². The third kappa shape index (κ3) is 3.30. The topological polar surface area (TPSA) is 26.3 Å². The number of benzene rings is 2. The maximum Gasteiger partial charge on any atom is 0.186 e. The van der Waals surface area contributed by atoms with Crippen LogP contribution in [0.5, 0.6) is 0 Å². The zero-order chi connectivity index (χ0) is 16.2. The lowest BCUT2D eigenvalue weighted by atomic mass is 9.89. The molecular formula is C20H17FO2. The number of carbonyl (C=O) groups is 1. The van der Waals surface area contributed by atoms with Gasteiger partial charge in [0.25, 0.3) is 0 Å². The Hall–Kier alpha value is -2.52. The highest BCUT2D eigenvalue weighted by molar-refractivity contribution is 6.09. The summed E-state index contributed by atoms with van der Waals surface area (Å²) < 4.78 is 18.8. The molecule has 116 valence electrons. The molecular weight excluding hydrogens is 291 g/mol. The summed E-state index contributed by atoms with van der Waals surface area (Å²) in [5.74, 6) is -0.512. The van der Waals surface area contributed by atoms with E-state index in [-0.39, 0.29) is 17.7 Å². The number of halogens is 1. The van der Waals surface area contributed by atoms with Gasteiger partial charge in [0.15, 0.2) is 5.78 Å². The van der Waals surface area contributed by atoms with E-state index in [0.717, 1.165) is 16.7 Å². The van der Waals surface area contributed by atoms with E-state index in [1.165, 1.54) is 24.3 Å². The van der Waals surface area contributed by atoms with Crippen LogP contribution in [0.15, 0.2) is 60.7 Å². The van der Waals surface area contributed by atoms with Crippen molar-refractivity contribution in [3.05, 3.63) is 83.2 Å². The van der Waals surface area contributed by atoms with Crippen LogP contribution in [0, 0.1) is 5.82 Å². The zero-order valence-electron chi connectivity index (χ0n) is 12.8. The van der Waals surface area contributed by atoms with Crippen LogP contribution >= 0.6 is 0 Å². The van der Waals surface area contributed by atoms with Gasteiger partial charge in [0, 0.05) is 12.2 Å². The van der Waals surface area contributed by atoms with Crippen molar-refractivity contribution in [3.63, 3.8) is 0 Å². The van der Waals surface area contributed by atoms with Crippen LogP contribution in [0.25, 0.3) is 11.6 Å². The number of ether oxygens (including phenoxy) is 1. The number of rotatable bonds is 4. The number of allylic oxidation sites excluding steroid dienone is 1. The highest BCUT2D eigenvalue weighted by Crippen LogP contribution is 2.31. The number of fused-ring (bicyclic) bond motifs is 1. The molecule has 0 aromatic heterocycles. The van der Waals surface area contributed by atoms with Crippen molar-refractivity contribution in [1.29, 1.82) is 0 Å². The molecule has 0 bridgehead atoms. The van der Waals surface area contributed by atoms with Gasteiger partial charge in [0.05, 0.1) is 0 Å². The largest absolute Gasteiger partial charge is 0.370 e. The van der Waals surface area contributed by atoms with E-state index in [9.17, 15) is 9.18 Å². The molecule has 0 unspecified atom stereocenters. The first-order valence-corrected chi connectivity index (χ1v) is 7.59. The second-order valence-corrected chi connectivity index (χ2v) is 5.29. The maximum atomic E-state index is 13.0. The molecule has 0 saturated heterocycles. The first-order valence-electron chi connectivity index (χ1n) is 7.59. The second-order valence-electron chi connectivity index (χ2n) is 5.29. The smallest absolute Gasteiger partial charge is 0.186 e. The average Bonchev–Trinajstić information content (AvgIpc) is 2.57. The van der Waals surface area contributed by atoms with Crippen molar-refractivity contribution in [3.8, 4) is 0 Å². The van der Waals surface area contributed by atoms with E-state index in [1.807, 2.05) is 43.3 Å². The Kier molecular flexibility index (Phi) is 4.49. The van der Waals surface area contributed by atoms with Crippen LogP contribution in [0.1, 0.15) is 28.4 Å². The Labute approximate surface area is 134 Å². The van der Waals surface area contributed by atoms with Gasteiger partial charge >= 0.3 is 0 Å². The summed E-state index contributed by atoms with van der Waals surface area (Å²) in [7, 11) is 0. The summed E-state index contributed by atoms with van der Waals surface area (Å²) in [6.07, 6.45) is 5.31. The first-order chi connectivity index (χ1) is 11.2. The van der Waals surface area contributed by atoms with Gasteiger partial charge in [0.1, 0.15) is 11.9 Å². The van der Waals surface area contributed by atoms with E-state index >= 15 is 0 Å². The van der Waals surface area contributed by atoms with Crippen molar-refractivity contribution in [2.45, 2.75) is 13.0 Å². The third-order valence-electron chi connectivity index (χ3n) is 3.79. The van der Waals surface area contributed by atoms with Gasteiger partial charge in [-0.05, 0) is 54.0 Å². The van der Waals surface area contributed by atoms with Gasteiger partial charge in [-0.25, -0.2) is 4.39 Å². The van der Waals surface area contributed by atoms with Crippen molar-refractivity contribution in [1.82, 2.24) is 0 Å². The van der Waals surface area contributed by atoms with Gasteiger partial charge in [-0.2, -0.15) is 0 Å². The van der Waals surface area contributed by atoms with Gasteiger partial charge in [-0.15, -0.1) is 0 Å². The minimum Gasteiger partial charge on any atom is -0.370 e. The van der Waals surface area contributed by atoms with Crippen LogP contribution in [0.3, 0.4) is 0 Å². The molecule has 1 aliphatic rings. The fourth-order valence-electron chi connectivity index (χ4n) is 2.68. The molecule has 1 atom stereocenters. The quantitative estimate of drug-likeness (QED) is 0.613. The number of ketones is 1. The Balaban J connectivity index is 2.01. The highest BCUT2D eigenvalue weighted by Gasteiger charge is 2.21. The van der Waals surface area contributed by atoms with Gasteiger partial charge in [0.2, 0.25) is 0 Å². The summed E-state index contributed by atoms with van der Waals surface area (Å²) >= 11 is 0. The van der Waals surface area contributed by atoms with Crippen LogP contribution in [-0.4, -0.2) is 18.5 Å². The van der Waals surface area contributed by atoms with E-state index in [2.05, 4.69) is 0 Å². The Morgan fingerprint density at radius 1 is 1.17 bits per heavy atom. The predicted octanol–water partition coefficient (Wildman–Crippen LogP) is 4.52. The van der Waals surface area contributed by atoms with Crippen LogP contribution in [-0.2, 0) is 4.74 Å². The van der Waals surface area contributed by atoms with E-state index in [0.29, 0.717) is 12.2 Å². The number of carbonyl (C=O) groups excluding carboxylic acids is 1. The minimum absolute atomic E-state index is 0.158. The molecule has 0 spiro atoms. The molecule has 3 heteroatoms. The summed E-state index contributed by atoms with van der Waals surface area (Å²) in [6.45, 7) is 2.48. The van der Waals surface area contributed by atoms with E-state index in [4.69, 9.17) is 4.74 Å². The normalized spacial score (nSPS) is 18.0. The Morgan fingerprint density at radius 2 is 1.91 bits per heavy atom. The van der Waals surface area contributed by atoms with Crippen LogP contribution in [0.4, 0.5) is 4.39 Å². The molecule has 0 amide bonds. The zero-order valence-corrected chi connectivity index (χ0v) is 12.8. The molecule has 0 fully saturated rings. The molecule has 3 rings (SSSR count). The predicted molar refractivity (Wildman–Crippen MR) is 89.6 cm³/mol. The minimum atomic E-state index is -0.354. The molecule has 1 aliphatic carbocycles. The lowest BCUT2D eigenvalue weighted by molar-refractivity contribution is 0.104. The van der Waals surface area contributed by atoms with E-state index in [1.54, 1.807) is 6.08 Å². The average molecular weight is 308 g/mol. The molecule has 2 aromatic carbocycles. The van der Waals surface area contributed by atoms with Crippen molar-refractivity contribution in [2.24, 2.45) is 0 Å². The summed E-state index contributed by atoms with van der Waals surface area (Å²) in [5.41, 5.74) is 3.34. The monoisotopic (exact) mass is 308 g/mol. The molecule has 2 nitrogen and oxygen atoms in total. The molecule has 23 heavy (non-hydrogen) atoms. The van der Waals surface area contributed by atoms with E-state index < -0.39 is 0 Å². The second kappa shape index (κ2) is 6.71. The fraction of sp³-hybridized carbons (Fsp3) is 0.150. The standard InChI is InChI=1S/C20H17FO2/c1-2-23-20-12-9-14-5-3-4-6-17(14)18(20)13-19(22)15-7-10-16(21)11-8-15/h3-13,20H,2H2,1H3/b18-13-/t20-/m1/s1. The molecule has 0 N–H and O–H groups in total. The fourth-order valence-corrected chi connectivity index (χ4v) is 2.68. The lowest BCUT2D eigenvalue weighted by Crippen LogP contribution is -2.17. The molecule has 0 saturated carbocycles. The van der Waals surface area contributed by atoms with Gasteiger partial charge in [-0.1, -0.05) is 36.4 Å². The third-order valence-corrected chi connectivity index (χ3v) is 3.79. The lowest BCUT2D eigenvalue weighted by Gasteiger charge is -2.23. The van der Waals surface area contributed by atoms with Crippen LogP contribution in [0.2, 0.25) is 0 Å². The number of hydrogen-bond acceptors (Lipinski definition) is 2. The number of hydrogen-bond donors (Lipinski definition) is 0. The summed E-state index contributed by atoms with van der Waals surface area (Å²) in [6, 6.07) is 13.5. The molecule has 0 aliphatic heterocycles. The molecule has 0 radical (unpaired) electrons. The first kappa shape index (κ1) is 15.4. The summed E-state index contributed by atoms with van der Waals surface area (Å²) in [5, 5.41) is 0. The molecule has 0 heterocycles. The molecule has 2 aromatic rings. The highest BCUT2D eigenvalue weighted by atomic mass is 19.1. The summed E-state index contributed by atoms with van der Waals surface area (Å²) in [4.78, 5) is 12.5. The van der Waals surface area contributed by atoms with Gasteiger partial charge in [-0.3, -0.25) is 4.79 Å². The van der Waals surface area contributed by atoms with Crippen molar-refractivity contribution < 1.29 is 13.9 Å². The van der Waals surface area contributed by atoms with Crippen LogP contribution < -0.4 is 0 Å². The Bertz CT molecular complexity index is 772. The Morgan fingerprint density at radius 3 is 2.65 bits per heavy atom.